The van der Waals surface area contributed by atoms with E-state index in [-0.39, 0.29) is 6.04 Å². The van der Waals surface area contributed by atoms with E-state index in [0.29, 0.717) is 11.5 Å². The van der Waals surface area contributed by atoms with Crippen molar-refractivity contribution in [3.8, 4) is 11.5 Å². The van der Waals surface area contributed by atoms with Crippen LogP contribution in [0.4, 0.5) is 0 Å². The molecule has 5 heteroatoms. The third-order valence-corrected chi connectivity index (χ3v) is 3.05. The second-order valence-electron chi connectivity index (χ2n) is 4.24. The molecule has 1 atom stereocenters. The van der Waals surface area contributed by atoms with Gasteiger partial charge in [0.25, 0.3) is 0 Å². The molecule has 20 heavy (non-hydrogen) atoms. The van der Waals surface area contributed by atoms with Crippen molar-refractivity contribution in [2.24, 2.45) is 0 Å². The molecule has 0 bridgehead atoms. The van der Waals surface area contributed by atoms with Crippen LogP contribution >= 0.6 is 0 Å². The predicted molar refractivity (Wildman–Crippen MR) is 77.1 cm³/mol. The molecular weight excluding hydrogens is 254 g/mol. The van der Waals surface area contributed by atoms with Crippen molar-refractivity contribution < 1.29 is 9.47 Å². The number of ether oxygens (including phenoxy) is 2. The van der Waals surface area contributed by atoms with E-state index in [2.05, 4.69) is 22.2 Å². The van der Waals surface area contributed by atoms with Gasteiger partial charge in [-0.3, -0.25) is 0 Å². The summed E-state index contributed by atoms with van der Waals surface area (Å²) in [6, 6.07) is 7.79. The number of rotatable bonds is 6. The fourth-order valence-corrected chi connectivity index (χ4v) is 2.10. The summed E-state index contributed by atoms with van der Waals surface area (Å²) in [5, 5.41) is 3.42. The minimum absolute atomic E-state index is 0.00260. The molecule has 0 saturated carbocycles. The summed E-state index contributed by atoms with van der Waals surface area (Å²) in [4.78, 5) is 8.29. The SMILES string of the molecule is CCNC(c1ccc(OC)c(OC)c1)c1ccncn1. The van der Waals surface area contributed by atoms with Gasteiger partial charge in [0.15, 0.2) is 11.5 Å². The van der Waals surface area contributed by atoms with E-state index in [1.54, 1.807) is 26.7 Å². The van der Waals surface area contributed by atoms with Gasteiger partial charge in [0.2, 0.25) is 0 Å². The third kappa shape index (κ3) is 3.05. The summed E-state index contributed by atoms with van der Waals surface area (Å²) in [6.07, 6.45) is 3.30. The maximum Gasteiger partial charge on any atom is 0.161 e. The third-order valence-electron chi connectivity index (χ3n) is 3.05. The molecule has 0 saturated heterocycles. The van der Waals surface area contributed by atoms with Gasteiger partial charge >= 0.3 is 0 Å². The van der Waals surface area contributed by atoms with E-state index in [1.165, 1.54) is 0 Å². The van der Waals surface area contributed by atoms with Crippen LogP contribution in [0.3, 0.4) is 0 Å². The lowest BCUT2D eigenvalue weighted by Gasteiger charge is -2.19. The number of benzene rings is 1. The van der Waals surface area contributed by atoms with E-state index >= 15 is 0 Å². The molecule has 1 heterocycles. The summed E-state index contributed by atoms with van der Waals surface area (Å²) >= 11 is 0. The fraction of sp³-hybridized carbons (Fsp3) is 0.333. The summed E-state index contributed by atoms with van der Waals surface area (Å²) in [5.74, 6) is 1.43. The first-order valence-electron chi connectivity index (χ1n) is 6.51. The van der Waals surface area contributed by atoms with E-state index in [1.807, 2.05) is 24.3 Å². The molecule has 0 amide bonds. The number of aromatic nitrogens is 2. The first-order chi connectivity index (χ1) is 9.80. The molecule has 0 fully saturated rings. The van der Waals surface area contributed by atoms with Crippen molar-refractivity contribution in [1.82, 2.24) is 15.3 Å². The van der Waals surface area contributed by atoms with Crippen LogP contribution in [0.2, 0.25) is 0 Å². The minimum atomic E-state index is 0.00260. The van der Waals surface area contributed by atoms with Crippen molar-refractivity contribution in [1.29, 1.82) is 0 Å². The summed E-state index contributed by atoms with van der Waals surface area (Å²) < 4.78 is 10.6. The zero-order valence-corrected chi connectivity index (χ0v) is 12.0. The van der Waals surface area contributed by atoms with Crippen LogP contribution in [0.15, 0.2) is 36.8 Å². The lowest BCUT2D eigenvalue weighted by atomic mass is 10.0. The van der Waals surface area contributed by atoms with Gasteiger partial charge in [-0.05, 0) is 30.3 Å². The van der Waals surface area contributed by atoms with Gasteiger partial charge in [-0.1, -0.05) is 13.0 Å². The molecule has 0 radical (unpaired) electrons. The molecule has 1 unspecified atom stereocenters. The van der Waals surface area contributed by atoms with Crippen molar-refractivity contribution in [3.63, 3.8) is 0 Å². The Morgan fingerprint density at radius 2 is 1.95 bits per heavy atom. The number of hydrogen-bond acceptors (Lipinski definition) is 5. The Morgan fingerprint density at radius 1 is 1.15 bits per heavy atom. The van der Waals surface area contributed by atoms with Crippen molar-refractivity contribution in [2.75, 3.05) is 20.8 Å². The number of nitrogens with one attached hydrogen (secondary N) is 1. The lowest BCUT2D eigenvalue weighted by molar-refractivity contribution is 0.354. The van der Waals surface area contributed by atoms with E-state index in [9.17, 15) is 0 Å². The molecule has 0 aliphatic heterocycles. The highest BCUT2D eigenvalue weighted by atomic mass is 16.5. The van der Waals surface area contributed by atoms with Crippen LogP contribution in [-0.2, 0) is 0 Å². The molecule has 0 aliphatic carbocycles. The van der Waals surface area contributed by atoms with Gasteiger partial charge in [-0.25, -0.2) is 9.97 Å². The van der Waals surface area contributed by atoms with Gasteiger partial charge in [0, 0.05) is 6.20 Å². The molecule has 2 aromatic rings. The topological polar surface area (TPSA) is 56.3 Å². The maximum absolute atomic E-state index is 5.36. The molecular formula is C15H19N3O2. The Labute approximate surface area is 119 Å². The highest BCUT2D eigenvalue weighted by molar-refractivity contribution is 5.45. The Balaban J connectivity index is 2.39. The van der Waals surface area contributed by atoms with Gasteiger partial charge in [-0.2, -0.15) is 0 Å². The first kappa shape index (κ1) is 14.3. The van der Waals surface area contributed by atoms with E-state index in [0.717, 1.165) is 17.8 Å². The van der Waals surface area contributed by atoms with Crippen LogP contribution in [0, 0.1) is 0 Å². The average Bonchev–Trinajstić information content (AvgIpc) is 2.52. The standard InChI is InChI=1S/C15H19N3O2/c1-4-17-15(12-7-8-16-10-18-12)11-5-6-13(19-2)14(9-11)20-3/h5-10,15,17H,4H2,1-3H3. The Morgan fingerprint density at radius 3 is 2.55 bits per heavy atom. The van der Waals surface area contributed by atoms with E-state index < -0.39 is 0 Å². The minimum Gasteiger partial charge on any atom is -0.493 e. The molecule has 2 rings (SSSR count). The molecule has 106 valence electrons. The summed E-state index contributed by atoms with van der Waals surface area (Å²) in [6.45, 7) is 2.90. The quantitative estimate of drug-likeness (QED) is 0.874. The predicted octanol–water partition coefficient (Wildman–Crippen LogP) is 2.19. The van der Waals surface area contributed by atoms with E-state index in [4.69, 9.17) is 9.47 Å². The molecule has 1 N–H and O–H groups in total. The van der Waals surface area contributed by atoms with Crippen LogP contribution < -0.4 is 14.8 Å². The zero-order chi connectivity index (χ0) is 14.4. The Bertz CT molecular complexity index is 546. The first-order valence-corrected chi connectivity index (χ1v) is 6.51. The monoisotopic (exact) mass is 273 g/mol. The fourth-order valence-electron chi connectivity index (χ4n) is 2.10. The number of hydrogen-bond donors (Lipinski definition) is 1. The molecule has 0 spiro atoms. The molecule has 1 aromatic carbocycles. The highest BCUT2D eigenvalue weighted by Gasteiger charge is 2.16. The van der Waals surface area contributed by atoms with Crippen LogP contribution in [0.5, 0.6) is 11.5 Å². The normalized spacial score (nSPS) is 11.9. The average molecular weight is 273 g/mol. The van der Waals surface area contributed by atoms with Gasteiger partial charge in [0.05, 0.1) is 26.0 Å². The highest BCUT2D eigenvalue weighted by Crippen LogP contribution is 2.31. The smallest absolute Gasteiger partial charge is 0.161 e. The molecule has 0 aliphatic rings. The maximum atomic E-state index is 5.36. The van der Waals surface area contributed by atoms with Gasteiger partial charge in [-0.15, -0.1) is 0 Å². The van der Waals surface area contributed by atoms with Gasteiger partial charge in [0.1, 0.15) is 6.33 Å². The zero-order valence-electron chi connectivity index (χ0n) is 12.0. The number of nitrogens with zero attached hydrogens (tertiary/aromatic N) is 2. The Kier molecular flexibility index (Phi) is 4.90. The largest absolute Gasteiger partial charge is 0.493 e. The van der Waals surface area contributed by atoms with Crippen molar-refractivity contribution >= 4 is 0 Å². The van der Waals surface area contributed by atoms with Crippen LogP contribution in [-0.4, -0.2) is 30.7 Å². The van der Waals surface area contributed by atoms with Crippen LogP contribution in [0.25, 0.3) is 0 Å². The summed E-state index contributed by atoms with van der Waals surface area (Å²) in [5.41, 5.74) is 2.00. The second kappa shape index (κ2) is 6.86. The Hall–Kier alpha value is -2.14. The summed E-state index contributed by atoms with van der Waals surface area (Å²) in [7, 11) is 3.26. The molecule has 1 aromatic heterocycles. The second-order valence-corrected chi connectivity index (χ2v) is 4.24. The van der Waals surface area contributed by atoms with Crippen molar-refractivity contribution in [3.05, 3.63) is 48.0 Å². The lowest BCUT2D eigenvalue weighted by Crippen LogP contribution is -2.23. The van der Waals surface area contributed by atoms with Gasteiger partial charge < -0.3 is 14.8 Å². The number of methoxy groups -OCH3 is 2. The van der Waals surface area contributed by atoms with Crippen molar-refractivity contribution in [2.45, 2.75) is 13.0 Å². The molecule has 5 nitrogen and oxygen atoms in total. The van der Waals surface area contributed by atoms with Crippen LogP contribution in [0.1, 0.15) is 24.2 Å².